The minimum absolute atomic E-state index is 0.101. The molecular formula is C24H24FN5O3. The molecule has 2 aromatic carbocycles. The Labute approximate surface area is 188 Å². The number of carbonyl (C=O) groups is 1. The van der Waals surface area contributed by atoms with Crippen LogP contribution in [0.4, 0.5) is 4.39 Å². The third-order valence-corrected chi connectivity index (χ3v) is 5.57. The molecule has 8 nitrogen and oxygen atoms in total. The summed E-state index contributed by atoms with van der Waals surface area (Å²) in [6, 6.07) is 14.7. The fourth-order valence-corrected chi connectivity index (χ4v) is 3.69. The number of halogens is 1. The van der Waals surface area contributed by atoms with Crippen molar-refractivity contribution in [2.24, 2.45) is 0 Å². The number of nitrogens with one attached hydrogen (secondary N) is 2. The second-order valence-corrected chi connectivity index (χ2v) is 7.90. The standard InChI is InChI=1S/C24H24FN5O3/c1-29(13-4-5-18-15-21(27-26-18)16-8-10-17(25)11-9-16)22(31)12-14-30-24(33)20-7-3-2-6-19(20)23(32)28-30/h2-3,6-11,15H,4-5,12-14H2,1H3,(H,26,27)(H,28,32). The number of hydrogen-bond donors (Lipinski definition) is 2. The van der Waals surface area contributed by atoms with Gasteiger partial charge < -0.3 is 4.90 Å². The van der Waals surface area contributed by atoms with Crippen LogP contribution < -0.4 is 11.1 Å². The molecule has 9 heteroatoms. The van der Waals surface area contributed by atoms with E-state index in [1.54, 1.807) is 48.3 Å². The van der Waals surface area contributed by atoms with Gasteiger partial charge in [-0.15, -0.1) is 0 Å². The summed E-state index contributed by atoms with van der Waals surface area (Å²) < 4.78 is 14.3. The van der Waals surface area contributed by atoms with Crippen LogP contribution in [0.15, 0.2) is 64.2 Å². The number of benzene rings is 2. The van der Waals surface area contributed by atoms with Crippen molar-refractivity contribution in [2.75, 3.05) is 13.6 Å². The zero-order valence-corrected chi connectivity index (χ0v) is 18.2. The lowest BCUT2D eigenvalue weighted by molar-refractivity contribution is -0.130. The number of rotatable bonds is 8. The predicted molar refractivity (Wildman–Crippen MR) is 123 cm³/mol. The largest absolute Gasteiger partial charge is 0.346 e. The van der Waals surface area contributed by atoms with Crippen molar-refractivity contribution in [1.82, 2.24) is 24.9 Å². The van der Waals surface area contributed by atoms with Gasteiger partial charge in [0.1, 0.15) is 5.82 Å². The van der Waals surface area contributed by atoms with Crippen molar-refractivity contribution in [1.29, 1.82) is 0 Å². The summed E-state index contributed by atoms with van der Waals surface area (Å²) in [5.74, 6) is -0.411. The molecule has 0 spiro atoms. The Morgan fingerprint density at radius 3 is 2.58 bits per heavy atom. The first kappa shape index (κ1) is 22.2. The zero-order chi connectivity index (χ0) is 23.4. The molecule has 4 rings (SSSR count). The molecule has 170 valence electrons. The smallest absolute Gasteiger partial charge is 0.273 e. The molecule has 0 aliphatic carbocycles. The van der Waals surface area contributed by atoms with E-state index in [1.165, 1.54) is 16.8 Å². The average Bonchev–Trinajstić information content (AvgIpc) is 3.29. The van der Waals surface area contributed by atoms with Crippen LogP contribution in [0.25, 0.3) is 22.0 Å². The van der Waals surface area contributed by atoms with Gasteiger partial charge in [0.05, 0.1) is 23.0 Å². The Balaban J connectivity index is 1.29. The highest BCUT2D eigenvalue weighted by molar-refractivity contribution is 5.80. The number of fused-ring (bicyclic) bond motifs is 1. The molecule has 2 aromatic heterocycles. The van der Waals surface area contributed by atoms with Gasteiger partial charge in [0, 0.05) is 31.3 Å². The minimum Gasteiger partial charge on any atom is -0.346 e. The number of aromatic amines is 2. The molecule has 2 N–H and O–H groups in total. The van der Waals surface area contributed by atoms with E-state index < -0.39 is 0 Å². The van der Waals surface area contributed by atoms with E-state index in [0.717, 1.165) is 23.4 Å². The maximum Gasteiger partial charge on any atom is 0.273 e. The summed E-state index contributed by atoms with van der Waals surface area (Å²) in [4.78, 5) is 38.8. The molecule has 0 unspecified atom stereocenters. The van der Waals surface area contributed by atoms with Crippen molar-refractivity contribution in [2.45, 2.75) is 25.8 Å². The van der Waals surface area contributed by atoms with Crippen LogP contribution in [0, 0.1) is 5.82 Å². The topological polar surface area (TPSA) is 104 Å². The Hall–Kier alpha value is -4.01. The number of aryl methyl sites for hydroxylation is 2. The Bertz CT molecular complexity index is 1390. The minimum atomic E-state index is -0.356. The highest BCUT2D eigenvalue weighted by Crippen LogP contribution is 2.18. The number of amides is 1. The van der Waals surface area contributed by atoms with E-state index >= 15 is 0 Å². The molecular weight excluding hydrogens is 425 g/mol. The van der Waals surface area contributed by atoms with Crippen LogP contribution in [0.5, 0.6) is 0 Å². The normalized spacial score (nSPS) is 11.1. The summed E-state index contributed by atoms with van der Waals surface area (Å²) in [6.45, 7) is 0.635. The van der Waals surface area contributed by atoms with Crippen LogP contribution in [0.2, 0.25) is 0 Å². The van der Waals surface area contributed by atoms with Crippen molar-refractivity contribution < 1.29 is 9.18 Å². The number of H-pyrrole nitrogens is 2. The van der Waals surface area contributed by atoms with Crippen LogP contribution in [0.3, 0.4) is 0 Å². The van der Waals surface area contributed by atoms with Gasteiger partial charge in [-0.3, -0.25) is 24.6 Å². The molecule has 0 saturated heterocycles. The highest BCUT2D eigenvalue weighted by atomic mass is 19.1. The summed E-state index contributed by atoms with van der Waals surface area (Å²) in [7, 11) is 1.71. The van der Waals surface area contributed by atoms with Gasteiger partial charge in [-0.25, -0.2) is 9.07 Å². The third-order valence-electron chi connectivity index (χ3n) is 5.57. The quantitative estimate of drug-likeness (QED) is 0.432. The monoisotopic (exact) mass is 449 g/mol. The second kappa shape index (κ2) is 9.64. The summed E-state index contributed by atoms with van der Waals surface area (Å²) in [6.07, 6.45) is 1.52. The van der Waals surface area contributed by atoms with E-state index in [2.05, 4.69) is 15.3 Å². The molecule has 0 aliphatic heterocycles. The first-order valence-electron chi connectivity index (χ1n) is 10.7. The lowest BCUT2D eigenvalue weighted by atomic mass is 10.1. The van der Waals surface area contributed by atoms with Crippen molar-refractivity contribution >= 4 is 16.7 Å². The van der Waals surface area contributed by atoms with Gasteiger partial charge in [-0.05, 0) is 55.3 Å². The number of nitrogens with zero attached hydrogens (tertiary/aromatic N) is 3. The van der Waals surface area contributed by atoms with E-state index in [9.17, 15) is 18.8 Å². The molecule has 0 fully saturated rings. The fourth-order valence-electron chi connectivity index (χ4n) is 3.69. The third kappa shape index (κ3) is 5.08. The van der Waals surface area contributed by atoms with E-state index in [4.69, 9.17) is 0 Å². The van der Waals surface area contributed by atoms with Gasteiger partial charge in [0.2, 0.25) is 5.91 Å². The molecule has 0 aliphatic rings. The van der Waals surface area contributed by atoms with Crippen LogP contribution in [0.1, 0.15) is 18.5 Å². The van der Waals surface area contributed by atoms with Gasteiger partial charge in [0.15, 0.2) is 0 Å². The maximum absolute atomic E-state index is 13.1. The van der Waals surface area contributed by atoms with Gasteiger partial charge in [0.25, 0.3) is 11.1 Å². The lowest BCUT2D eigenvalue weighted by Gasteiger charge is -2.17. The summed E-state index contributed by atoms with van der Waals surface area (Å²) in [5, 5.41) is 10.4. The summed E-state index contributed by atoms with van der Waals surface area (Å²) >= 11 is 0. The average molecular weight is 449 g/mol. The van der Waals surface area contributed by atoms with E-state index in [0.29, 0.717) is 23.7 Å². The Morgan fingerprint density at radius 2 is 1.82 bits per heavy atom. The van der Waals surface area contributed by atoms with Crippen molar-refractivity contribution in [3.05, 3.63) is 86.8 Å². The van der Waals surface area contributed by atoms with Gasteiger partial charge in [-0.1, -0.05) is 12.1 Å². The molecule has 0 bridgehead atoms. The zero-order valence-electron chi connectivity index (χ0n) is 18.2. The van der Waals surface area contributed by atoms with Crippen LogP contribution in [-0.2, 0) is 17.8 Å². The molecule has 0 radical (unpaired) electrons. The molecule has 2 heterocycles. The lowest BCUT2D eigenvalue weighted by Crippen LogP contribution is -2.33. The molecule has 1 amide bonds. The van der Waals surface area contributed by atoms with Crippen LogP contribution in [-0.4, -0.2) is 44.4 Å². The van der Waals surface area contributed by atoms with Gasteiger partial charge >= 0.3 is 0 Å². The van der Waals surface area contributed by atoms with E-state index in [-0.39, 0.29) is 35.8 Å². The molecule has 0 saturated carbocycles. The number of hydrogen-bond acceptors (Lipinski definition) is 4. The van der Waals surface area contributed by atoms with E-state index in [1.807, 2.05) is 6.07 Å². The maximum atomic E-state index is 13.1. The first-order chi connectivity index (χ1) is 15.9. The van der Waals surface area contributed by atoms with Crippen molar-refractivity contribution in [3.63, 3.8) is 0 Å². The fraction of sp³-hybridized carbons (Fsp3) is 0.250. The van der Waals surface area contributed by atoms with Gasteiger partial charge in [-0.2, -0.15) is 5.10 Å². The predicted octanol–water partition coefficient (Wildman–Crippen LogP) is 2.70. The SMILES string of the molecule is CN(CCCc1cc(-c2ccc(F)cc2)n[nH]1)C(=O)CCn1[nH]c(=O)c2ccccc2c1=O. The molecule has 33 heavy (non-hydrogen) atoms. The highest BCUT2D eigenvalue weighted by Gasteiger charge is 2.12. The number of carbonyl (C=O) groups excluding carboxylic acids is 1. The summed E-state index contributed by atoms with van der Waals surface area (Å²) in [5.41, 5.74) is 1.82. The first-order valence-corrected chi connectivity index (χ1v) is 10.7. The van der Waals surface area contributed by atoms with Crippen molar-refractivity contribution in [3.8, 4) is 11.3 Å². The van der Waals surface area contributed by atoms with Crippen LogP contribution >= 0.6 is 0 Å². The molecule has 4 aromatic rings. The second-order valence-electron chi connectivity index (χ2n) is 7.90. The number of aromatic nitrogens is 4. The molecule has 0 atom stereocenters. The Morgan fingerprint density at radius 1 is 1.09 bits per heavy atom. The Kier molecular flexibility index (Phi) is 6.48.